The molecule has 0 amide bonds. The zero-order valence-electron chi connectivity index (χ0n) is 16.0. The maximum Gasteiger partial charge on any atom is 0.282 e. The van der Waals surface area contributed by atoms with Crippen molar-refractivity contribution < 1.29 is 12.9 Å². The molecule has 1 aromatic rings. The van der Waals surface area contributed by atoms with Crippen LogP contribution in [0, 0.1) is 0 Å². The van der Waals surface area contributed by atoms with Crippen molar-refractivity contribution in [2.24, 2.45) is 0 Å². The highest BCUT2D eigenvalue weighted by molar-refractivity contribution is 7.86. The van der Waals surface area contributed by atoms with Gasteiger partial charge in [-0.15, -0.1) is 0 Å². The fourth-order valence-electron chi connectivity index (χ4n) is 3.42. The van der Waals surface area contributed by atoms with Crippen molar-refractivity contribution in [1.29, 1.82) is 0 Å². The van der Waals surface area contributed by atoms with Gasteiger partial charge in [-0.25, -0.2) is 0 Å². The first-order chi connectivity index (χ1) is 12.4. The Labute approximate surface area is 156 Å². The normalized spacial score (nSPS) is 23.3. The molecule has 3 heterocycles. The first kappa shape index (κ1) is 19.7. The molecule has 0 aromatic carbocycles. The van der Waals surface area contributed by atoms with Crippen molar-refractivity contribution >= 4 is 10.2 Å². The van der Waals surface area contributed by atoms with Crippen LogP contribution in [0.1, 0.15) is 38.0 Å². The molecule has 148 valence electrons. The second-order valence-electron chi connectivity index (χ2n) is 7.12. The highest BCUT2D eigenvalue weighted by atomic mass is 32.2. The van der Waals surface area contributed by atoms with E-state index in [0.29, 0.717) is 45.2 Å². The van der Waals surface area contributed by atoms with Crippen LogP contribution in [0.4, 0.5) is 0 Å². The van der Waals surface area contributed by atoms with Gasteiger partial charge in [0.2, 0.25) is 5.89 Å². The average Bonchev–Trinajstić information content (AvgIpc) is 3.10. The molecule has 3 rings (SSSR count). The van der Waals surface area contributed by atoms with E-state index in [2.05, 4.69) is 26.9 Å². The molecular formula is C16H30N6O3S. The van der Waals surface area contributed by atoms with E-state index in [1.54, 1.807) is 8.61 Å². The maximum atomic E-state index is 12.8. The molecule has 26 heavy (non-hydrogen) atoms. The van der Waals surface area contributed by atoms with Gasteiger partial charge in [-0.3, -0.25) is 4.90 Å². The van der Waals surface area contributed by atoms with Crippen LogP contribution in [-0.4, -0.2) is 96.4 Å². The van der Waals surface area contributed by atoms with Gasteiger partial charge in [0, 0.05) is 58.8 Å². The van der Waals surface area contributed by atoms with Gasteiger partial charge in [0.05, 0.1) is 6.04 Å². The van der Waals surface area contributed by atoms with Crippen LogP contribution in [0.2, 0.25) is 0 Å². The summed E-state index contributed by atoms with van der Waals surface area (Å²) in [6.45, 7) is 9.15. The lowest BCUT2D eigenvalue weighted by Crippen LogP contribution is -2.56. The molecule has 1 aromatic heterocycles. The van der Waals surface area contributed by atoms with Crippen molar-refractivity contribution in [1.82, 2.24) is 28.6 Å². The molecule has 2 fully saturated rings. The third-order valence-corrected chi connectivity index (χ3v) is 7.29. The van der Waals surface area contributed by atoms with Crippen LogP contribution < -0.4 is 0 Å². The molecule has 10 heteroatoms. The van der Waals surface area contributed by atoms with E-state index in [-0.39, 0.29) is 6.04 Å². The van der Waals surface area contributed by atoms with Gasteiger partial charge in [-0.05, 0) is 20.4 Å². The van der Waals surface area contributed by atoms with E-state index in [0.717, 1.165) is 31.8 Å². The Bertz CT molecular complexity index is 678. The van der Waals surface area contributed by atoms with E-state index in [9.17, 15) is 8.42 Å². The third-order valence-electron chi connectivity index (χ3n) is 5.25. The number of aryl methyl sites for hydroxylation is 1. The standard InChI is InChI=1S/C16H30N6O3S/c1-4-5-15-17-16(25-18-15)14(2)20-8-12-22(13-9-20)26(23,24)21-10-6-19(3)7-11-21/h14H,4-13H2,1-3H3. The molecule has 0 saturated carbocycles. The summed E-state index contributed by atoms with van der Waals surface area (Å²) in [6.07, 6.45) is 1.80. The van der Waals surface area contributed by atoms with Crippen LogP contribution in [0.25, 0.3) is 0 Å². The number of likely N-dealkylation sites (N-methyl/N-ethyl adjacent to an activating group) is 1. The van der Waals surface area contributed by atoms with E-state index in [1.165, 1.54) is 0 Å². The Morgan fingerprint density at radius 2 is 1.62 bits per heavy atom. The Hall–Kier alpha value is -1.07. The SMILES string of the molecule is CCCc1noc(C(C)N2CCN(S(=O)(=O)N3CCN(C)CC3)CC2)n1. The lowest BCUT2D eigenvalue weighted by Gasteiger charge is -2.40. The summed E-state index contributed by atoms with van der Waals surface area (Å²) < 4.78 is 34.3. The number of rotatable bonds is 6. The molecule has 0 spiro atoms. The minimum atomic E-state index is -3.36. The predicted octanol–water partition coefficient (Wildman–Crippen LogP) is 0.193. The monoisotopic (exact) mass is 386 g/mol. The second-order valence-corrected chi connectivity index (χ2v) is 9.05. The summed E-state index contributed by atoms with van der Waals surface area (Å²) in [5.74, 6) is 1.36. The largest absolute Gasteiger partial charge is 0.338 e. The molecule has 0 bridgehead atoms. The molecule has 0 N–H and O–H groups in total. The first-order valence-electron chi connectivity index (χ1n) is 9.42. The van der Waals surface area contributed by atoms with Gasteiger partial charge in [-0.1, -0.05) is 12.1 Å². The summed E-state index contributed by atoms with van der Waals surface area (Å²) in [6, 6.07) is 0.00148. The van der Waals surface area contributed by atoms with Gasteiger partial charge >= 0.3 is 0 Å². The van der Waals surface area contributed by atoms with Gasteiger partial charge < -0.3 is 9.42 Å². The molecule has 0 aliphatic carbocycles. The first-order valence-corrected chi connectivity index (χ1v) is 10.8. The molecule has 2 aliphatic heterocycles. The molecule has 0 radical (unpaired) electrons. The van der Waals surface area contributed by atoms with Gasteiger partial charge in [0.1, 0.15) is 0 Å². The van der Waals surface area contributed by atoms with Crippen LogP contribution in [0.3, 0.4) is 0 Å². The topological polar surface area (TPSA) is 86.0 Å². The second kappa shape index (κ2) is 8.30. The van der Waals surface area contributed by atoms with Crippen molar-refractivity contribution in [3.05, 3.63) is 11.7 Å². The van der Waals surface area contributed by atoms with Gasteiger partial charge in [0.25, 0.3) is 10.2 Å². The van der Waals surface area contributed by atoms with E-state index in [4.69, 9.17) is 4.52 Å². The molecule has 2 saturated heterocycles. The molecule has 9 nitrogen and oxygen atoms in total. The lowest BCUT2D eigenvalue weighted by atomic mass is 10.2. The Balaban J connectivity index is 1.56. The number of piperazine rings is 2. The number of aromatic nitrogens is 2. The van der Waals surface area contributed by atoms with E-state index in [1.807, 2.05) is 14.0 Å². The number of nitrogens with zero attached hydrogens (tertiary/aromatic N) is 6. The van der Waals surface area contributed by atoms with Crippen molar-refractivity contribution in [2.45, 2.75) is 32.7 Å². The third kappa shape index (κ3) is 4.25. The molecule has 1 atom stereocenters. The van der Waals surface area contributed by atoms with Crippen molar-refractivity contribution in [3.8, 4) is 0 Å². The van der Waals surface area contributed by atoms with Crippen LogP contribution in [0.15, 0.2) is 4.52 Å². The quantitative estimate of drug-likeness (QED) is 0.690. The zero-order chi connectivity index (χ0) is 18.7. The molecular weight excluding hydrogens is 356 g/mol. The smallest absolute Gasteiger partial charge is 0.282 e. The highest BCUT2D eigenvalue weighted by Crippen LogP contribution is 2.22. The summed E-state index contributed by atoms with van der Waals surface area (Å²) in [7, 11) is -1.34. The van der Waals surface area contributed by atoms with Crippen LogP contribution in [0.5, 0.6) is 0 Å². The lowest BCUT2D eigenvalue weighted by molar-refractivity contribution is 0.118. The summed E-state index contributed by atoms with van der Waals surface area (Å²) >= 11 is 0. The Morgan fingerprint density at radius 3 is 2.19 bits per heavy atom. The van der Waals surface area contributed by atoms with Gasteiger partial charge in [0.15, 0.2) is 5.82 Å². The molecule has 1 unspecified atom stereocenters. The van der Waals surface area contributed by atoms with Crippen LogP contribution >= 0.6 is 0 Å². The number of hydrogen-bond donors (Lipinski definition) is 0. The number of hydrogen-bond acceptors (Lipinski definition) is 7. The average molecular weight is 387 g/mol. The highest BCUT2D eigenvalue weighted by Gasteiger charge is 2.35. The van der Waals surface area contributed by atoms with Crippen molar-refractivity contribution in [2.75, 3.05) is 59.4 Å². The predicted molar refractivity (Wildman–Crippen MR) is 97.8 cm³/mol. The summed E-state index contributed by atoms with van der Waals surface area (Å²) in [4.78, 5) is 8.82. The summed E-state index contributed by atoms with van der Waals surface area (Å²) in [5.41, 5.74) is 0. The Kier molecular flexibility index (Phi) is 6.29. The van der Waals surface area contributed by atoms with Gasteiger partial charge in [-0.2, -0.15) is 22.0 Å². The maximum absolute atomic E-state index is 12.8. The van der Waals surface area contributed by atoms with E-state index >= 15 is 0 Å². The minimum Gasteiger partial charge on any atom is -0.338 e. The van der Waals surface area contributed by atoms with E-state index < -0.39 is 10.2 Å². The van der Waals surface area contributed by atoms with Crippen molar-refractivity contribution in [3.63, 3.8) is 0 Å². The minimum absolute atomic E-state index is 0.00148. The van der Waals surface area contributed by atoms with Crippen LogP contribution in [-0.2, 0) is 16.6 Å². The zero-order valence-corrected chi connectivity index (χ0v) is 16.8. The fraction of sp³-hybridized carbons (Fsp3) is 0.875. The summed E-state index contributed by atoms with van der Waals surface area (Å²) in [5, 5.41) is 4.01. The fourth-order valence-corrected chi connectivity index (χ4v) is 5.00. The Morgan fingerprint density at radius 1 is 1.04 bits per heavy atom. The molecule has 2 aliphatic rings.